The van der Waals surface area contributed by atoms with Gasteiger partial charge in [0.1, 0.15) is 0 Å². The van der Waals surface area contributed by atoms with Gasteiger partial charge in [0.15, 0.2) is 0 Å². The second-order valence-electron chi connectivity index (χ2n) is 7.06. The summed E-state index contributed by atoms with van der Waals surface area (Å²) in [6, 6.07) is 14.0. The van der Waals surface area contributed by atoms with Crippen LogP contribution in [0.15, 0.2) is 48.5 Å². The van der Waals surface area contributed by atoms with Crippen molar-refractivity contribution in [2.24, 2.45) is 0 Å². The van der Waals surface area contributed by atoms with Crippen LogP contribution in [0.4, 0.5) is 10.5 Å². The number of likely N-dealkylation sites (tertiary alicyclic amines) is 1. The molecular formula is C22H25N3O4. The van der Waals surface area contributed by atoms with Crippen LogP contribution < -0.4 is 10.6 Å². The standard InChI is InChI=1S/C22H25N3O4/c26-20(11-10-17-7-1-2-9-19(17)21(27)28)23-15-16-6-5-8-18(14-16)24-22(29)25-12-3-4-13-25/h1-2,5-9,14H,3-4,10-13,15H2,(H,23,26)(H,24,29)(H,27,28). The molecule has 3 rings (SSSR count). The van der Waals surface area contributed by atoms with E-state index >= 15 is 0 Å². The molecule has 3 N–H and O–H groups in total. The van der Waals surface area contributed by atoms with Crippen LogP contribution in [-0.2, 0) is 17.8 Å². The summed E-state index contributed by atoms with van der Waals surface area (Å²) in [7, 11) is 0. The van der Waals surface area contributed by atoms with Gasteiger partial charge < -0.3 is 20.6 Å². The van der Waals surface area contributed by atoms with Crippen molar-refractivity contribution in [2.45, 2.75) is 32.2 Å². The van der Waals surface area contributed by atoms with Crippen LogP contribution in [0.5, 0.6) is 0 Å². The number of carboxylic acid groups (broad SMARTS) is 1. The molecule has 0 saturated carbocycles. The Hall–Kier alpha value is -3.35. The number of carbonyl (C=O) groups is 3. The lowest BCUT2D eigenvalue weighted by atomic mass is 10.0. The van der Waals surface area contributed by atoms with Crippen LogP contribution in [0.1, 0.15) is 40.7 Å². The summed E-state index contributed by atoms with van der Waals surface area (Å²) in [5.74, 6) is -1.15. The van der Waals surface area contributed by atoms with E-state index in [0.717, 1.165) is 31.5 Å². The SMILES string of the molecule is O=C(CCc1ccccc1C(=O)O)NCc1cccc(NC(=O)N2CCCC2)c1. The Labute approximate surface area is 169 Å². The number of nitrogens with zero attached hydrogens (tertiary/aromatic N) is 1. The third kappa shape index (κ3) is 5.81. The van der Waals surface area contributed by atoms with Gasteiger partial charge in [-0.3, -0.25) is 4.79 Å². The molecule has 1 aliphatic rings. The van der Waals surface area contributed by atoms with Crippen molar-refractivity contribution in [1.82, 2.24) is 10.2 Å². The van der Waals surface area contributed by atoms with Gasteiger partial charge >= 0.3 is 12.0 Å². The lowest BCUT2D eigenvalue weighted by Crippen LogP contribution is -2.32. The van der Waals surface area contributed by atoms with Crippen molar-refractivity contribution < 1.29 is 19.5 Å². The summed E-state index contributed by atoms with van der Waals surface area (Å²) >= 11 is 0. The number of amides is 3. The van der Waals surface area contributed by atoms with Gasteiger partial charge in [0.25, 0.3) is 0 Å². The van der Waals surface area contributed by atoms with Crippen molar-refractivity contribution in [2.75, 3.05) is 18.4 Å². The van der Waals surface area contributed by atoms with Crippen molar-refractivity contribution in [3.05, 3.63) is 65.2 Å². The highest BCUT2D eigenvalue weighted by Gasteiger charge is 2.17. The minimum atomic E-state index is -0.992. The second kappa shape index (κ2) is 9.73. The Morgan fingerprint density at radius 1 is 1.00 bits per heavy atom. The highest BCUT2D eigenvalue weighted by atomic mass is 16.4. The number of aryl methyl sites for hydroxylation is 1. The van der Waals surface area contributed by atoms with E-state index in [2.05, 4.69) is 10.6 Å². The number of carboxylic acids is 1. The molecule has 0 bridgehead atoms. The number of carbonyl (C=O) groups excluding carboxylic acids is 2. The van der Waals surface area contributed by atoms with E-state index in [1.54, 1.807) is 23.1 Å². The number of rotatable bonds is 7. The van der Waals surface area contributed by atoms with Crippen LogP contribution in [0, 0.1) is 0 Å². The zero-order valence-corrected chi connectivity index (χ0v) is 16.2. The Morgan fingerprint density at radius 2 is 1.76 bits per heavy atom. The van der Waals surface area contributed by atoms with E-state index in [-0.39, 0.29) is 23.9 Å². The van der Waals surface area contributed by atoms with Gasteiger partial charge in [0.2, 0.25) is 5.91 Å². The number of urea groups is 1. The molecular weight excluding hydrogens is 370 g/mol. The zero-order valence-electron chi connectivity index (χ0n) is 16.2. The normalized spacial score (nSPS) is 13.2. The number of aromatic carboxylic acids is 1. The maximum Gasteiger partial charge on any atom is 0.335 e. The highest BCUT2D eigenvalue weighted by molar-refractivity contribution is 5.90. The van der Waals surface area contributed by atoms with Crippen molar-refractivity contribution in [3.63, 3.8) is 0 Å². The lowest BCUT2D eigenvalue weighted by molar-refractivity contribution is -0.121. The van der Waals surface area contributed by atoms with E-state index in [0.29, 0.717) is 24.2 Å². The number of hydrogen-bond acceptors (Lipinski definition) is 3. The van der Waals surface area contributed by atoms with E-state index < -0.39 is 5.97 Å². The molecule has 0 aromatic heterocycles. The maximum atomic E-state index is 12.2. The minimum Gasteiger partial charge on any atom is -0.478 e. The monoisotopic (exact) mass is 395 g/mol. The molecule has 1 saturated heterocycles. The third-order valence-electron chi connectivity index (χ3n) is 4.93. The summed E-state index contributed by atoms with van der Waals surface area (Å²) in [6.07, 6.45) is 2.64. The highest BCUT2D eigenvalue weighted by Crippen LogP contribution is 2.15. The number of hydrogen-bond donors (Lipinski definition) is 3. The lowest BCUT2D eigenvalue weighted by Gasteiger charge is -2.16. The van der Waals surface area contributed by atoms with E-state index in [1.807, 2.05) is 24.3 Å². The Balaban J connectivity index is 1.49. The molecule has 1 heterocycles. The van der Waals surface area contributed by atoms with Crippen LogP contribution in [0.25, 0.3) is 0 Å². The number of benzene rings is 2. The van der Waals surface area contributed by atoms with Gasteiger partial charge in [-0.25, -0.2) is 9.59 Å². The van der Waals surface area contributed by atoms with Crippen LogP contribution >= 0.6 is 0 Å². The Bertz CT molecular complexity index is 891. The van der Waals surface area contributed by atoms with Crippen LogP contribution in [0.2, 0.25) is 0 Å². The molecule has 0 spiro atoms. The van der Waals surface area contributed by atoms with E-state index in [4.69, 9.17) is 0 Å². The fraction of sp³-hybridized carbons (Fsp3) is 0.318. The van der Waals surface area contributed by atoms with Gasteiger partial charge in [-0.05, 0) is 48.6 Å². The molecule has 29 heavy (non-hydrogen) atoms. The van der Waals surface area contributed by atoms with E-state index in [1.165, 1.54) is 6.07 Å². The molecule has 0 aliphatic carbocycles. The molecule has 2 aromatic rings. The first kappa shape index (κ1) is 20.4. The first-order valence-electron chi connectivity index (χ1n) is 9.75. The van der Waals surface area contributed by atoms with Crippen LogP contribution in [-0.4, -0.2) is 41.0 Å². The predicted molar refractivity (Wildman–Crippen MR) is 110 cm³/mol. The van der Waals surface area contributed by atoms with Gasteiger partial charge in [0, 0.05) is 31.7 Å². The smallest absolute Gasteiger partial charge is 0.335 e. The number of anilines is 1. The van der Waals surface area contributed by atoms with E-state index in [9.17, 15) is 19.5 Å². The minimum absolute atomic E-state index is 0.0965. The second-order valence-corrected chi connectivity index (χ2v) is 7.06. The van der Waals surface area contributed by atoms with Crippen molar-refractivity contribution in [1.29, 1.82) is 0 Å². The molecule has 0 atom stereocenters. The summed E-state index contributed by atoms with van der Waals surface area (Å²) in [5.41, 5.74) is 2.44. The molecule has 7 nitrogen and oxygen atoms in total. The Morgan fingerprint density at radius 3 is 2.52 bits per heavy atom. The average molecular weight is 395 g/mol. The molecule has 7 heteroatoms. The molecule has 152 valence electrons. The third-order valence-corrected chi connectivity index (χ3v) is 4.93. The van der Waals surface area contributed by atoms with Gasteiger partial charge in [-0.2, -0.15) is 0 Å². The fourth-order valence-electron chi connectivity index (χ4n) is 3.37. The molecule has 0 radical (unpaired) electrons. The van der Waals surface area contributed by atoms with Crippen molar-refractivity contribution in [3.8, 4) is 0 Å². The Kier molecular flexibility index (Phi) is 6.84. The predicted octanol–water partition coefficient (Wildman–Crippen LogP) is 3.26. The summed E-state index contributed by atoms with van der Waals surface area (Å²) in [5, 5.41) is 14.9. The first-order chi connectivity index (χ1) is 14.0. The quantitative estimate of drug-likeness (QED) is 0.670. The largest absolute Gasteiger partial charge is 0.478 e. The molecule has 2 aromatic carbocycles. The number of nitrogens with one attached hydrogen (secondary N) is 2. The van der Waals surface area contributed by atoms with Gasteiger partial charge in [-0.1, -0.05) is 30.3 Å². The molecule has 3 amide bonds. The molecule has 1 aliphatic heterocycles. The fourth-order valence-corrected chi connectivity index (χ4v) is 3.37. The topological polar surface area (TPSA) is 98.7 Å². The average Bonchev–Trinajstić information content (AvgIpc) is 3.26. The summed E-state index contributed by atoms with van der Waals surface area (Å²) in [6.45, 7) is 1.91. The summed E-state index contributed by atoms with van der Waals surface area (Å²) in [4.78, 5) is 37.4. The maximum absolute atomic E-state index is 12.2. The van der Waals surface area contributed by atoms with Crippen molar-refractivity contribution >= 4 is 23.6 Å². The van der Waals surface area contributed by atoms with Gasteiger partial charge in [-0.15, -0.1) is 0 Å². The molecule has 1 fully saturated rings. The molecule has 0 unspecified atom stereocenters. The zero-order chi connectivity index (χ0) is 20.6. The van der Waals surface area contributed by atoms with Gasteiger partial charge in [0.05, 0.1) is 5.56 Å². The summed E-state index contributed by atoms with van der Waals surface area (Å²) < 4.78 is 0. The first-order valence-corrected chi connectivity index (χ1v) is 9.75. The van der Waals surface area contributed by atoms with Crippen LogP contribution in [0.3, 0.4) is 0 Å².